The van der Waals surface area contributed by atoms with Gasteiger partial charge in [0.1, 0.15) is 0 Å². The van der Waals surface area contributed by atoms with E-state index in [0.717, 1.165) is 17.5 Å². The third kappa shape index (κ3) is 1.31. The lowest BCUT2D eigenvalue weighted by molar-refractivity contribution is 0.112. The van der Waals surface area contributed by atoms with Crippen molar-refractivity contribution in [1.82, 2.24) is 15.0 Å². The van der Waals surface area contributed by atoms with Crippen LogP contribution < -0.4 is 0 Å². The maximum absolute atomic E-state index is 10.8. The number of aldehydes is 1. The SMILES string of the molecule is Cc1cccc(C=O)c1-n1nccn1. The summed E-state index contributed by atoms with van der Waals surface area (Å²) in [6, 6.07) is 5.51. The molecule has 0 radical (unpaired) electrons. The Bertz CT molecular complexity index is 448. The Morgan fingerprint density at radius 2 is 2.00 bits per heavy atom. The van der Waals surface area contributed by atoms with Gasteiger partial charge in [-0.15, -0.1) is 0 Å². The van der Waals surface area contributed by atoms with Crippen molar-refractivity contribution < 1.29 is 4.79 Å². The number of aromatic nitrogens is 3. The number of carbonyl (C=O) groups is 1. The van der Waals surface area contributed by atoms with Crippen LogP contribution in [0, 0.1) is 6.92 Å². The predicted octanol–water partition coefficient (Wildman–Crippen LogP) is 1.39. The minimum atomic E-state index is 0.598. The summed E-state index contributed by atoms with van der Waals surface area (Å²) in [6.45, 7) is 1.92. The summed E-state index contributed by atoms with van der Waals surface area (Å²) < 4.78 is 0. The molecule has 0 aliphatic carbocycles. The number of aryl methyl sites for hydroxylation is 1. The molecule has 0 saturated heterocycles. The molecule has 2 aromatic rings. The van der Waals surface area contributed by atoms with Crippen molar-refractivity contribution in [2.75, 3.05) is 0 Å². The van der Waals surface area contributed by atoms with Gasteiger partial charge in [0.25, 0.3) is 0 Å². The van der Waals surface area contributed by atoms with Gasteiger partial charge in [0.15, 0.2) is 6.29 Å². The van der Waals surface area contributed by atoms with Crippen molar-refractivity contribution in [3.63, 3.8) is 0 Å². The van der Waals surface area contributed by atoms with Crippen LogP contribution in [0.25, 0.3) is 5.69 Å². The lowest BCUT2D eigenvalue weighted by Gasteiger charge is -2.06. The van der Waals surface area contributed by atoms with E-state index in [1.165, 1.54) is 4.80 Å². The van der Waals surface area contributed by atoms with Crippen LogP contribution in [-0.4, -0.2) is 21.3 Å². The van der Waals surface area contributed by atoms with E-state index in [-0.39, 0.29) is 0 Å². The number of carbonyl (C=O) groups excluding carboxylic acids is 1. The molecule has 0 spiro atoms. The van der Waals surface area contributed by atoms with E-state index in [9.17, 15) is 4.79 Å². The average Bonchev–Trinajstić information content (AvgIpc) is 2.70. The Kier molecular flexibility index (Phi) is 2.10. The van der Waals surface area contributed by atoms with E-state index in [2.05, 4.69) is 10.2 Å². The Morgan fingerprint density at radius 3 is 2.64 bits per heavy atom. The highest BCUT2D eigenvalue weighted by Crippen LogP contribution is 2.15. The smallest absolute Gasteiger partial charge is 0.152 e. The van der Waals surface area contributed by atoms with E-state index in [4.69, 9.17) is 0 Å². The summed E-state index contributed by atoms with van der Waals surface area (Å²) in [5.74, 6) is 0. The van der Waals surface area contributed by atoms with E-state index >= 15 is 0 Å². The molecule has 2 rings (SSSR count). The molecule has 0 aliphatic heterocycles. The third-order valence-electron chi connectivity index (χ3n) is 2.01. The zero-order chi connectivity index (χ0) is 9.97. The Labute approximate surface area is 81.2 Å². The quantitative estimate of drug-likeness (QED) is 0.667. The molecule has 4 nitrogen and oxygen atoms in total. The van der Waals surface area contributed by atoms with Gasteiger partial charge in [-0.1, -0.05) is 12.1 Å². The number of hydrogen-bond acceptors (Lipinski definition) is 3. The van der Waals surface area contributed by atoms with Crippen LogP contribution in [0.15, 0.2) is 30.6 Å². The average molecular weight is 187 g/mol. The first-order valence-corrected chi connectivity index (χ1v) is 4.24. The monoisotopic (exact) mass is 187 g/mol. The summed E-state index contributed by atoms with van der Waals surface area (Å²) in [7, 11) is 0. The fourth-order valence-corrected chi connectivity index (χ4v) is 1.38. The molecular formula is C10H9N3O. The molecular weight excluding hydrogens is 178 g/mol. The Morgan fingerprint density at radius 1 is 1.29 bits per heavy atom. The third-order valence-corrected chi connectivity index (χ3v) is 2.01. The van der Waals surface area contributed by atoms with Crippen LogP contribution in [0.4, 0.5) is 0 Å². The molecule has 0 N–H and O–H groups in total. The largest absolute Gasteiger partial charge is 0.298 e. The second-order valence-corrected chi connectivity index (χ2v) is 2.95. The van der Waals surface area contributed by atoms with Crippen molar-refractivity contribution in [2.24, 2.45) is 0 Å². The minimum absolute atomic E-state index is 0.598. The molecule has 0 unspecified atom stereocenters. The van der Waals surface area contributed by atoms with E-state index in [0.29, 0.717) is 5.56 Å². The molecule has 0 atom stereocenters. The van der Waals surface area contributed by atoms with E-state index < -0.39 is 0 Å². The van der Waals surface area contributed by atoms with Crippen molar-refractivity contribution in [2.45, 2.75) is 6.92 Å². The zero-order valence-corrected chi connectivity index (χ0v) is 7.71. The lowest BCUT2D eigenvalue weighted by Crippen LogP contribution is -2.04. The van der Waals surface area contributed by atoms with Crippen molar-refractivity contribution in [1.29, 1.82) is 0 Å². The molecule has 1 heterocycles. The molecule has 0 bridgehead atoms. The van der Waals surface area contributed by atoms with Crippen molar-refractivity contribution in [3.05, 3.63) is 41.7 Å². The molecule has 0 fully saturated rings. The maximum atomic E-state index is 10.8. The molecule has 0 aliphatic rings. The number of nitrogens with zero attached hydrogens (tertiary/aromatic N) is 3. The van der Waals surface area contributed by atoms with Gasteiger partial charge in [-0.05, 0) is 18.6 Å². The van der Waals surface area contributed by atoms with Crippen LogP contribution in [0.1, 0.15) is 15.9 Å². The molecule has 70 valence electrons. The van der Waals surface area contributed by atoms with Crippen molar-refractivity contribution in [3.8, 4) is 5.69 Å². The van der Waals surface area contributed by atoms with Gasteiger partial charge in [0.2, 0.25) is 0 Å². The number of benzene rings is 1. The summed E-state index contributed by atoms with van der Waals surface area (Å²) in [5.41, 5.74) is 2.32. The van der Waals surface area contributed by atoms with Gasteiger partial charge in [-0.25, -0.2) is 0 Å². The van der Waals surface area contributed by atoms with Crippen LogP contribution in [0.5, 0.6) is 0 Å². The lowest BCUT2D eigenvalue weighted by atomic mass is 10.1. The van der Waals surface area contributed by atoms with Crippen LogP contribution in [0.3, 0.4) is 0 Å². The molecule has 0 amide bonds. The topological polar surface area (TPSA) is 47.8 Å². The second-order valence-electron chi connectivity index (χ2n) is 2.95. The first kappa shape index (κ1) is 8.62. The van der Waals surface area contributed by atoms with Gasteiger partial charge in [0, 0.05) is 5.56 Å². The van der Waals surface area contributed by atoms with Crippen LogP contribution in [-0.2, 0) is 0 Å². The number of rotatable bonds is 2. The van der Waals surface area contributed by atoms with Gasteiger partial charge in [-0.3, -0.25) is 4.79 Å². The predicted molar refractivity (Wildman–Crippen MR) is 51.5 cm³/mol. The molecule has 1 aromatic carbocycles. The number of hydrogen-bond donors (Lipinski definition) is 0. The molecule has 4 heteroatoms. The van der Waals surface area contributed by atoms with E-state index in [1.807, 2.05) is 19.1 Å². The normalized spacial score (nSPS) is 10.1. The second kappa shape index (κ2) is 3.41. The summed E-state index contributed by atoms with van der Waals surface area (Å²) in [4.78, 5) is 12.3. The van der Waals surface area contributed by atoms with Crippen LogP contribution >= 0.6 is 0 Å². The molecule has 0 saturated carbocycles. The van der Waals surface area contributed by atoms with Gasteiger partial charge in [-0.2, -0.15) is 15.0 Å². The standard InChI is InChI=1S/C10H9N3O/c1-8-3-2-4-9(7-14)10(8)13-11-5-6-12-13/h2-7H,1H3. The van der Waals surface area contributed by atoms with Gasteiger partial charge in [0.05, 0.1) is 18.1 Å². The summed E-state index contributed by atoms with van der Waals surface area (Å²) >= 11 is 0. The maximum Gasteiger partial charge on any atom is 0.152 e. The Balaban J connectivity index is 2.67. The Hall–Kier alpha value is -1.97. The summed E-state index contributed by atoms with van der Waals surface area (Å²) in [6.07, 6.45) is 3.98. The highest BCUT2D eigenvalue weighted by atomic mass is 16.1. The first-order valence-electron chi connectivity index (χ1n) is 4.24. The van der Waals surface area contributed by atoms with Crippen LogP contribution in [0.2, 0.25) is 0 Å². The first-order chi connectivity index (χ1) is 6.83. The minimum Gasteiger partial charge on any atom is -0.298 e. The zero-order valence-electron chi connectivity index (χ0n) is 7.71. The fourth-order valence-electron chi connectivity index (χ4n) is 1.38. The highest BCUT2D eigenvalue weighted by molar-refractivity contribution is 5.81. The summed E-state index contributed by atoms with van der Waals surface area (Å²) in [5, 5.41) is 8.01. The molecule has 14 heavy (non-hydrogen) atoms. The highest BCUT2D eigenvalue weighted by Gasteiger charge is 2.07. The van der Waals surface area contributed by atoms with Gasteiger partial charge >= 0.3 is 0 Å². The fraction of sp³-hybridized carbons (Fsp3) is 0.100. The van der Waals surface area contributed by atoms with E-state index in [1.54, 1.807) is 18.5 Å². The number of para-hydroxylation sites is 1. The van der Waals surface area contributed by atoms with Crippen molar-refractivity contribution >= 4 is 6.29 Å². The van der Waals surface area contributed by atoms with Gasteiger partial charge < -0.3 is 0 Å². The molecule has 1 aromatic heterocycles.